The Labute approximate surface area is 158 Å². The molecule has 0 saturated carbocycles. The number of nitriles is 1. The second kappa shape index (κ2) is 7.87. The minimum absolute atomic E-state index is 0.0419. The number of rotatable bonds is 5. The number of fused-ring (bicyclic) bond motifs is 1. The van der Waals surface area contributed by atoms with Gasteiger partial charge < -0.3 is 4.84 Å². The zero-order valence-corrected chi connectivity index (χ0v) is 14.7. The Bertz CT molecular complexity index is 1090. The van der Waals surface area contributed by atoms with Crippen molar-refractivity contribution >= 4 is 46.3 Å². The van der Waals surface area contributed by atoms with Crippen LogP contribution in [0.25, 0.3) is 10.9 Å². The van der Waals surface area contributed by atoms with Crippen LogP contribution in [0.2, 0.25) is 10.0 Å². The summed E-state index contributed by atoms with van der Waals surface area (Å²) in [5, 5.41) is 13.9. The largest absolute Gasteiger partial charge is 0.392 e. The summed E-state index contributed by atoms with van der Waals surface area (Å²) in [5.74, 6) is 0.0419. The fraction of sp³-hybridized carbons (Fsp3) is 0.0588. The highest BCUT2D eigenvalue weighted by molar-refractivity contribution is 6.42. The van der Waals surface area contributed by atoms with Crippen molar-refractivity contribution in [2.45, 2.75) is 0 Å². The standard InChI is InChI=1S/C17H11Cl2N5O2/c18-13-6-5-11(9-14(13)19)10-21-23-17-22-15-4-2-1-3-12(15)16(25)24(17)26-8-7-20/h1-6,9-10H,8H2,(H,22,23)/b21-10+. The molecule has 0 amide bonds. The second-order valence-electron chi connectivity index (χ2n) is 5.03. The molecule has 1 N–H and O–H groups in total. The maximum atomic E-state index is 12.5. The molecule has 0 atom stereocenters. The molecular formula is C17H11Cl2N5O2. The fourth-order valence-corrected chi connectivity index (χ4v) is 2.46. The summed E-state index contributed by atoms with van der Waals surface area (Å²) in [6.07, 6.45) is 1.48. The monoisotopic (exact) mass is 387 g/mol. The van der Waals surface area contributed by atoms with E-state index < -0.39 is 5.56 Å². The average molecular weight is 388 g/mol. The van der Waals surface area contributed by atoms with Gasteiger partial charge in [-0.15, -0.1) is 4.73 Å². The lowest BCUT2D eigenvalue weighted by molar-refractivity contribution is 0.133. The molecule has 2 aromatic carbocycles. The molecule has 0 fully saturated rings. The summed E-state index contributed by atoms with van der Waals surface area (Å²) in [6, 6.07) is 13.6. The van der Waals surface area contributed by atoms with E-state index in [0.29, 0.717) is 26.5 Å². The molecular weight excluding hydrogens is 377 g/mol. The molecule has 3 aromatic rings. The SMILES string of the molecule is N#CCOn1c(N/N=C/c2ccc(Cl)c(Cl)c2)nc2ccccc2c1=O. The van der Waals surface area contributed by atoms with Crippen molar-refractivity contribution in [3.8, 4) is 6.07 Å². The van der Waals surface area contributed by atoms with Gasteiger partial charge in [-0.1, -0.05) is 41.4 Å². The van der Waals surface area contributed by atoms with E-state index in [1.54, 1.807) is 42.5 Å². The molecule has 1 aromatic heterocycles. The topological polar surface area (TPSA) is 92.3 Å². The Hall–Kier alpha value is -3.08. The van der Waals surface area contributed by atoms with Gasteiger partial charge in [0, 0.05) is 0 Å². The summed E-state index contributed by atoms with van der Waals surface area (Å²) in [6.45, 7) is -0.314. The predicted molar refractivity (Wildman–Crippen MR) is 101 cm³/mol. The van der Waals surface area contributed by atoms with Crippen molar-refractivity contribution in [2.24, 2.45) is 5.10 Å². The number of hydrazone groups is 1. The molecule has 0 saturated heterocycles. The predicted octanol–water partition coefficient (Wildman–Crippen LogP) is 3.10. The lowest BCUT2D eigenvalue weighted by atomic mass is 10.2. The molecule has 7 nitrogen and oxygen atoms in total. The number of hydrogen-bond donors (Lipinski definition) is 1. The van der Waals surface area contributed by atoms with E-state index in [1.165, 1.54) is 6.21 Å². The van der Waals surface area contributed by atoms with Crippen LogP contribution in [-0.4, -0.2) is 22.5 Å². The van der Waals surface area contributed by atoms with Gasteiger partial charge >= 0.3 is 0 Å². The smallest absolute Gasteiger partial charge is 0.296 e. The van der Waals surface area contributed by atoms with Gasteiger partial charge in [-0.2, -0.15) is 10.4 Å². The Morgan fingerprint density at radius 1 is 1.27 bits per heavy atom. The van der Waals surface area contributed by atoms with Crippen LogP contribution in [0.15, 0.2) is 52.4 Å². The summed E-state index contributed by atoms with van der Waals surface area (Å²) in [4.78, 5) is 22.0. The lowest BCUT2D eigenvalue weighted by Crippen LogP contribution is -2.30. The maximum absolute atomic E-state index is 12.5. The molecule has 0 bridgehead atoms. The number of benzene rings is 2. The van der Waals surface area contributed by atoms with Crippen LogP contribution in [0.1, 0.15) is 5.56 Å². The molecule has 9 heteroatoms. The molecule has 1 heterocycles. The zero-order chi connectivity index (χ0) is 18.5. The van der Waals surface area contributed by atoms with Crippen LogP contribution >= 0.6 is 23.2 Å². The van der Waals surface area contributed by atoms with Gasteiger partial charge in [0.1, 0.15) is 6.07 Å². The van der Waals surface area contributed by atoms with E-state index in [1.807, 2.05) is 6.07 Å². The van der Waals surface area contributed by atoms with Gasteiger partial charge in [0.05, 0.1) is 27.2 Å². The first-order valence-electron chi connectivity index (χ1n) is 7.36. The highest BCUT2D eigenvalue weighted by atomic mass is 35.5. The minimum atomic E-state index is -0.446. The van der Waals surface area contributed by atoms with Crippen molar-refractivity contribution in [2.75, 3.05) is 12.0 Å². The van der Waals surface area contributed by atoms with Gasteiger partial charge in [-0.25, -0.2) is 10.4 Å². The highest BCUT2D eigenvalue weighted by Gasteiger charge is 2.11. The van der Waals surface area contributed by atoms with Crippen LogP contribution in [0.3, 0.4) is 0 Å². The average Bonchev–Trinajstić information content (AvgIpc) is 2.64. The third-order valence-electron chi connectivity index (χ3n) is 3.32. The molecule has 26 heavy (non-hydrogen) atoms. The van der Waals surface area contributed by atoms with E-state index >= 15 is 0 Å². The van der Waals surface area contributed by atoms with Gasteiger partial charge in [-0.05, 0) is 29.8 Å². The van der Waals surface area contributed by atoms with Crippen molar-refractivity contribution < 1.29 is 4.84 Å². The third-order valence-corrected chi connectivity index (χ3v) is 4.06. The first kappa shape index (κ1) is 17.7. The van der Waals surface area contributed by atoms with Crippen LogP contribution in [0, 0.1) is 11.3 Å². The zero-order valence-electron chi connectivity index (χ0n) is 13.2. The van der Waals surface area contributed by atoms with E-state index in [0.717, 1.165) is 4.73 Å². The van der Waals surface area contributed by atoms with Crippen molar-refractivity contribution in [1.29, 1.82) is 5.26 Å². The first-order chi connectivity index (χ1) is 12.6. The summed E-state index contributed by atoms with van der Waals surface area (Å²) in [7, 11) is 0. The van der Waals surface area contributed by atoms with E-state index in [2.05, 4.69) is 15.5 Å². The molecule has 3 rings (SSSR count). The van der Waals surface area contributed by atoms with Crippen LogP contribution in [-0.2, 0) is 0 Å². The Morgan fingerprint density at radius 2 is 2.08 bits per heavy atom. The van der Waals surface area contributed by atoms with Crippen LogP contribution in [0.5, 0.6) is 0 Å². The summed E-state index contributed by atoms with van der Waals surface area (Å²) in [5.41, 5.74) is 3.37. The van der Waals surface area contributed by atoms with E-state index in [9.17, 15) is 4.79 Å². The number of hydrogen-bond acceptors (Lipinski definition) is 6. The van der Waals surface area contributed by atoms with E-state index in [4.69, 9.17) is 33.3 Å². The first-order valence-corrected chi connectivity index (χ1v) is 8.12. The Morgan fingerprint density at radius 3 is 2.85 bits per heavy atom. The minimum Gasteiger partial charge on any atom is -0.392 e. The fourth-order valence-electron chi connectivity index (χ4n) is 2.16. The van der Waals surface area contributed by atoms with Gasteiger partial charge in [-0.3, -0.25) is 4.79 Å². The summed E-state index contributed by atoms with van der Waals surface area (Å²) >= 11 is 11.8. The van der Waals surface area contributed by atoms with Crippen molar-refractivity contribution in [1.82, 2.24) is 9.71 Å². The maximum Gasteiger partial charge on any atom is 0.296 e. The van der Waals surface area contributed by atoms with Crippen molar-refractivity contribution in [3.05, 3.63) is 68.4 Å². The van der Waals surface area contributed by atoms with E-state index in [-0.39, 0.29) is 12.6 Å². The quantitative estimate of drug-likeness (QED) is 0.536. The van der Waals surface area contributed by atoms with Crippen LogP contribution in [0.4, 0.5) is 5.95 Å². The van der Waals surface area contributed by atoms with Gasteiger partial charge in [0.25, 0.3) is 11.5 Å². The number of nitrogens with zero attached hydrogens (tertiary/aromatic N) is 4. The van der Waals surface area contributed by atoms with Gasteiger partial charge in [0.2, 0.25) is 6.61 Å². The number of nitrogens with one attached hydrogen (secondary N) is 1. The molecule has 130 valence electrons. The normalized spacial score (nSPS) is 10.8. The molecule has 0 aliphatic carbocycles. The second-order valence-corrected chi connectivity index (χ2v) is 5.84. The Balaban J connectivity index is 1.95. The molecule has 0 aliphatic heterocycles. The van der Waals surface area contributed by atoms with Gasteiger partial charge in [0.15, 0.2) is 0 Å². The molecule has 0 aliphatic rings. The Kier molecular flexibility index (Phi) is 5.37. The molecule has 0 spiro atoms. The number of aromatic nitrogens is 2. The number of para-hydroxylation sites is 1. The van der Waals surface area contributed by atoms with Crippen LogP contribution < -0.4 is 15.8 Å². The molecule has 0 radical (unpaired) electrons. The number of anilines is 1. The number of halogens is 2. The molecule has 0 unspecified atom stereocenters. The third kappa shape index (κ3) is 3.77. The highest BCUT2D eigenvalue weighted by Crippen LogP contribution is 2.21. The lowest BCUT2D eigenvalue weighted by Gasteiger charge is -2.11. The van der Waals surface area contributed by atoms with Crippen molar-refractivity contribution in [3.63, 3.8) is 0 Å². The summed E-state index contributed by atoms with van der Waals surface area (Å²) < 4.78 is 0.901.